The summed E-state index contributed by atoms with van der Waals surface area (Å²) in [5.41, 5.74) is 6.49. The second kappa shape index (κ2) is 11.7. The van der Waals surface area contributed by atoms with Crippen molar-refractivity contribution in [3.05, 3.63) is 120 Å². The normalized spacial score (nSPS) is 11.0. The van der Waals surface area contributed by atoms with E-state index >= 15 is 0 Å². The summed E-state index contributed by atoms with van der Waals surface area (Å²) in [4.78, 5) is 11.9. The van der Waals surface area contributed by atoms with Gasteiger partial charge in [-0.1, -0.05) is 96.3 Å². The summed E-state index contributed by atoms with van der Waals surface area (Å²) in [7, 11) is 0. The van der Waals surface area contributed by atoms with Crippen LogP contribution in [0.5, 0.6) is 0 Å². The van der Waals surface area contributed by atoms with Gasteiger partial charge in [0.1, 0.15) is 5.01 Å². The van der Waals surface area contributed by atoms with E-state index in [0.717, 1.165) is 33.7 Å². The Labute approximate surface area is 223 Å². The first-order valence-corrected chi connectivity index (χ1v) is 13.4. The van der Waals surface area contributed by atoms with Gasteiger partial charge in [-0.25, -0.2) is 4.79 Å². The van der Waals surface area contributed by atoms with E-state index in [0.29, 0.717) is 5.13 Å². The van der Waals surface area contributed by atoms with Crippen LogP contribution in [0.4, 0.5) is 10.8 Å². The molecule has 182 valence electrons. The summed E-state index contributed by atoms with van der Waals surface area (Å²) < 4.78 is 0. The molecule has 0 saturated carbocycles. The summed E-state index contributed by atoms with van der Waals surface area (Å²) in [6.07, 6.45) is 2.68. The van der Waals surface area contributed by atoms with Crippen LogP contribution in [0.1, 0.15) is 11.1 Å². The number of anilines is 2. The fourth-order valence-corrected chi connectivity index (χ4v) is 5.52. The zero-order valence-corrected chi connectivity index (χ0v) is 21.4. The van der Waals surface area contributed by atoms with Crippen molar-refractivity contribution in [1.29, 1.82) is 0 Å². The van der Waals surface area contributed by atoms with Crippen LogP contribution in [0.3, 0.4) is 0 Å². The molecule has 0 spiro atoms. The van der Waals surface area contributed by atoms with Crippen LogP contribution in [0.25, 0.3) is 27.8 Å². The molecule has 0 bridgehead atoms. The highest BCUT2D eigenvalue weighted by molar-refractivity contribution is 7.98. The van der Waals surface area contributed by atoms with Gasteiger partial charge in [-0.2, -0.15) is 0 Å². The molecule has 0 amide bonds. The van der Waals surface area contributed by atoms with Crippen molar-refractivity contribution in [1.82, 2.24) is 10.2 Å². The quantitative estimate of drug-likeness (QED) is 0.151. The number of hydrogen-bond acceptors (Lipinski definition) is 6. The Bertz CT molecular complexity index is 1530. The van der Waals surface area contributed by atoms with Crippen molar-refractivity contribution in [3.63, 3.8) is 0 Å². The van der Waals surface area contributed by atoms with E-state index in [9.17, 15) is 4.79 Å². The number of rotatable bonds is 9. The molecule has 0 aliphatic heterocycles. The zero-order chi connectivity index (χ0) is 25.5. The summed E-state index contributed by atoms with van der Waals surface area (Å²) >= 11 is 3.27. The lowest BCUT2D eigenvalue weighted by Gasteiger charge is -2.10. The topological polar surface area (TPSA) is 75.1 Å². The Kier molecular flexibility index (Phi) is 7.74. The third kappa shape index (κ3) is 6.52. The fraction of sp³-hybridized carbons (Fsp3) is 0.0333. The van der Waals surface area contributed by atoms with Gasteiger partial charge in [0.15, 0.2) is 0 Å². The predicted molar refractivity (Wildman–Crippen MR) is 153 cm³/mol. The summed E-state index contributed by atoms with van der Waals surface area (Å²) in [5.74, 6) is -0.0989. The maximum atomic E-state index is 10.7. The van der Waals surface area contributed by atoms with Gasteiger partial charge in [0, 0.05) is 28.0 Å². The van der Waals surface area contributed by atoms with E-state index in [4.69, 9.17) is 5.11 Å². The summed E-state index contributed by atoms with van der Waals surface area (Å²) in [6.45, 7) is 0. The Hall–Kier alpha value is -4.20. The monoisotopic (exact) mass is 521 g/mol. The van der Waals surface area contributed by atoms with Gasteiger partial charge in [-0.05, 0) is 46.5 Å². The van der Waals surface area contributed by atoms with Gasteiger partial charge < -0.3 is 10.4 Å². The minimum atomic E-state index is -0.969. The van der Waals surface area contributed by atoms with Crippen molar-refractivity contribution in [3.8, 4) is 21.7 Å². The largest absolute Gasteiger partial charge is 0.478 e. The third-order valence-electron chi connectivity index (χ3n) is 5.58. The first-order chi connectivity index (χ1) is 18.1. The Morgan fingerprint density at radius 2 is 1.65 bits per heavy atom. The van der Waals surface area contributed by atoms with Crippen molar-refractivity contribution in [2.45, 2.75) is 10.6 Å². The van der Waals surface area contributed by atoms with Crippen LogP contribution in [0, 0.1) is 0 Å². The maximum absolute atomic E-state index is 10.7. The predicted octanol–water partition coefficient (Wildman–Crippen LogP) is 8.01. The van der Waals surface area contributed by atoms with Gasteiger partial charge in [0.05, 0.1) is 0 Å². The molecular formula is C30H23N3O2S2. The first kappa shape index (κ1) is 24.5. The van der Waals surface area contributed by atoms with Crippen molar-refractivity contribution < 1.29 is 9.90 Å². The molecular weight excluding hydrogens is 498 g/mol. The molecule has 5 rings (SSSR count). The number of aliphatic carboxylic acids is 1. The minimum absolute atomic E-state index is 0.710. The van der Waals surface area contributed by atoms with E-state index in [1.54, 1.807) is 17.8 Å². The van der Waals surface area contributed by atoms with Crippen molar-refractivity contribution in [2.24, 2.45) is 0 Å². The van der Waals surface area contributed by atoms with E-state index in [1.165, 1.54) is 32.9 Å². The highest BCUT2D eigenvalue weighted by Gasteiger charge is 2.09. The molecule has 0 unspecified atom stereocenters. The molecule has 0 saturated heterocycles. The molecule has 0 fully saturated rings. The molecule has 1 aromatic heterocycles. The van der Waals surface area contributed by atoms with E-state index in [-0.39, 0.29) is 0 Å². The number of nitrogens with zero attached hydrogens (tertiary/aromatic N) is 2. The Morgan fingerprint density at radius 1 is 0.865 bits per heavy atom. The van der Waals surface area contributed by atoms with Gasteiger partial charge in [0.25, 0.3) is 0 Å². The molecule has 1 heterocycles. The molecule has 0 atom stereocenters. The maximum Gasteiger partial charge on any atom is 0.328 e. The summed E-state index contributed by atoms with van der Waals surface area (Å²) in [6, 6.07) is 34.9. The third-order valence-corrected chi connectivity index (χ3v) is 7.51. The van der Waals surface area contributed by atoms with E-state index in [1.807, 2.05) is 42.5 Å². The second-order valence-corrected chi connectivity index (χ2v) is 10.2. The molecule has 0 aliphatic rings. The first-order valence-electron chi connectivity index (χ1n) is 11.6. The molecule has 37 heavy (non-hydrogen) atoms. The molecule has 7 heteroatoms. The van der Waals surface area contributed by atoms with E-state index < -0.39 is 5.97 Å². The number of carbonyl (C=O) groups is 1. The molecule has 2 N–H and O–H groups in total. The number of benzene rings is 4. The lowest BCUT2D eigenvalue weighted by Crippen LogP contribution is -1.90. The van der Waals surface area contributed by atoms with Gasteiger partial charge in [-0.3, -0.25) is 0 Å². The second-order valence-electron chi connectivity index (χ2n) is 8.17. The van der Waals surface area contributed by atoms with Crippen molar-refractivity contribution in [2.75, 3.05) is 5.32 Å². The highest BCUT2D eigenvalue weighted by Crippen LogP contribution is 2.33. The number of aromatic nitrogens is 2. The standard InChI is InChI=1S/C30H23N3O2S2/c34-28(35)18-15-21-13-16-23(17-14-21)29-32-33-30(37-29)31-25-10-6-11-26(19-25)36-20-24-9-4-5-12-27(24)22-7-2-1-3-8-22/h1-19H,20H2,(H,31,33)(H,34,35). The number of carboxylic acids is 1. The van der Waals surface area contributed by atoms with E-state index in [2.05, 4.69) is 76.2 Å². The number of thioether (sulfide) groups is 1. The molecule has 4 aromatic carbocycles. The molecule has 5 nitrogen and oxygen atoms in total. The van der Waals surface area contributed by atoms with Gasteiger partial charge >= 0.3 is 5.97 Å². The fourth-order valence-electron chi connectivity index (χ4n) is 3.79. The lowest BCUT2D eigenvalue weighted by atomic mass is 10.0. The smallest absolute Gasteiger partial charge is 0.328 e. The Morgan fingerprint density at radius 3 is 2.46 bits per heavy atom. The van der Waals surface area contributed by atoms with Crippen LogP contribution in [0.2, 0.25) is 0 Å². The number of carboxylic acid groups (broad SMARTS) is 1. The van der Waals surface area contributed by atoms with Gasteiger partial charge in [-0.15, -0.1) is 22.0 Å². The SMILES string of the molecule is O=C(O)C=Cc1ccc(-c2nnc(Nc3cccc(SCc4ccccc4-c4ccccc4)c3)s2)cc1. The average Bonchev–Trinajstić information content (AvgIpc) is 3.40. The van der Waals surface area contributed by atoms with Crippen LogP contribution in [0.15, 0.2) is 114 Å². The van der Waals surface area contributed by atoms with Crippen LogP contribution < -0.4 is 5.32 Å². The molecule has 5 aromatic rings. The Balaban J connectivity index is 1.24. The number of hydrogen-bond donors (Lipinski definition) is 2. The van der Waals surface area contributed by atoms with Crippen LogP contribution >= 0.6 is 23.1 Å². The van der Waals surface area contributed by atoms with Gasteiger partial charge in [0.2, 0.25) is 5.13 Å². The summed E-state index contributed by atoms with van der Waals surface area (Å²) in [5, 5.41) is 22.3. The molecule has 0 radical (unpaired) electrons. The van der Waals surface area contributed by atoms with Crippen LogP contribution in [-0.2, 0) is 10.5 Å². The minimum Gasteiger partial charge on any atom is -0.478 e. The zero-order valence-electron chi connectivity index (χ0n) is 19.7. The average molecular weight is 522 g/mol. The van der Waals surface area contributed by atoms with Crippen LogP contribution in [-0.4, -0.2) is 21.3 Å². The van der Waals surface area contributed by atoms with Crippen molar-refractivity contribution >= 4 is 46.0 Å². The number of nitrogens with one attached hydrogen (secondary N) is 1. The molecule has 0 aliphatic carbocycles. The highest BCUT2D eigenvalue weighted by atomic mass is 32.2. The lowest BCUT2D eigenvalue weighted by molar-refractivity contribution is -0.131.